The van der Waals surface area contributed by atoms with Crippen molar-refractivity contribution in [2.45, 2.75) is 32.6 Å². The molecule has 1 aliphatic heterocycles. The lowest BCUT2D eigenvalue weighted by molar-refractivity contribution is 0.0696. The van der Waals surface area contributed by atoms with Gasteiger partial charge < -0.3 is 5.11 Å². The van der Waals surface area contributed by atoms with Crippen LogP contribution in [0.2, 0.25) is 10.0 Å². The summed E-state index contributed by atoms with van der Waals surface area (Å²) in [5.74, 6) is -1.30. The van der Waals surface area contributed by atoms with Gasteiger partial charge in [0, 0.05) is 35.2 Å². The fourth-order valence-corrected chi connectivity index (χ4v) is 6.12. The highest BCUT2D eigenvalue weighted by molar-refractivity contribution is 6.36. The molecule has 3 nitrogen and oxygen atoms in total. The molecule has 5 rings (SSSR count). The smallest absolute Gasteiger partial charge is 0.335 e. The normalized spacial score (nSPS) is 15.6. The van der Waals surface area contributed by atoms with E-state index >= 15 is 4.39 Å². The lowest BCUT2D eigenvalue weighted by Crippen LogP contribution is -2.40. The zero-order valence-electron chi connectivity index (χ0n) is 21.7. The number of aromatic carboxylic acids is 1. The number of aryl methyl sites for hydroxylation is 2. The molecule has 7 heteroatoms. The highest BCUT2D eigenvalue weighted by Crippen LogP contribution is 2.43. The number of rotatable bonds is 7. The van der Waals surface area contributed by atoms with E-state index in [9.17, 15) is 14.3 Å². The summed E-state index contributed by atoms with van der Waals surface area (Å²) >= 11 is 12.9. The Labute approximate surface area is 237 Å². The van der Waals surface area contributed by atoms with Crippen LogP contribution >= 0.6 is 23.2 Å². The van der Waals surface area contributed by atoms with Gasteiger partial charge in [-0.1, -0.05) is 41.4 Å². The van der Waals surface area contributed by atoms with Gasteiger partial charge in [0.25, 0.3) is 0 Å². The van der Waals surface area contributed by atoms with Gasteiger partial charge in [-0.05, 0) is 114 Å². The molecule has 3 aromatic rings. The molecule has 1 fully saturated rings. The summed E-state index contributed by atoms with van der Waals surface area (Å²) in [6, 6.07) is 14.1. The van der Waals surface area contributed by atoms with Gasteiger partial charge in [0.15, 0.2) is 0 Å². The summed E-state index contributed by atoms with van der Waals surface area (Å²) in [5, 5.41) is 10.6. The van der Waals surface area contributed by atoms with Gasteiger partial charge in [-0.25, -0.2) is 9.18 Å². The minimum Gasteiger partial charge on any atom is -0.478 e. The lowest BCUT2D eigenvalue weighted by atomic mass is 9.86. The number of carboxylic acids is 1. The topological polar surface area (TPSA) is 40.5 Å². The van der Waals surface area contributed by atoms with Crippen LogP contribution in [0.15, 0.2) is 54.1 Å². The van der Waals surface area contributed by atoms with Gasteiger partial charge >= 0.3 is 5.97 Å². The molecule has 0 saturated carbocycles. The monoisotopic (exact) mass is 567 g/mol. The Bertz CT molecular complexity index is 1480. The average molecular weight is 568 g/mol. The van der Waals surface area contributed by atoms with Gasteiger partial charge in [-0.2, -0.15) is 0 Å². The molecule has 39 heavy (non-hydrogen) atoms. The molecule has 0 aromatic heterocycles. The Morgan fingerprint density at radius 3 is 2.51 bits per heavy atom. The molecule has 0 unspecified atom stereocenters. The summed E-state index contributed by atoms with van der Waals surface area (Å²) in [5.41, 5.74) is 7.89. The fourth-order valence-electron chi connectivity index (χ4n) is 5.60. The van der Waals surface area contributed by atoms with Gasteiger partial charge in [-0.15, -0.1) is 0 Å². The number of hydrogen-bond donors (Lipinski definition) is 1. The van der Waals surface area contributed by atoms with Crippen molar-refractivity contribution in [3.63, 3.8) is 0 Å². The number of nitrogens with zero attached hydrogens (tertiary/aromatic N) is 1. The van der Waals surface area contributed by atoms with Crippen LogP contribution < -0.4 is 0 Å². The molecule has 0 bridgehead atoms. The van der Waals surface area contributed by atoms with Crippen LogP contribution in [0.3, 0.4) is 0 Å². The van der Waals surface area contributed by atoms with Crippen LogP contribution in [0, 0.1) is 12.7 Å². The van der Waals surface area contributed by atoms with Crippen molar-refractivity contribution in [2.75, 3.05) is 26.3 Å². The van der Waals surface area contributed by atoms with Crippen molar-refractivity contribution >= 4 is 46.4 Å². The Kier molecular flexibility index (Phi) is 8.22. The Morgan fingerprint density at radius 2 is 1.82 bits per heavy atom. The second-order valence-electron chi connectivity index (χ2n) is 10.3. The summed E-state index contributed by atoms with van der Waals surface area (Å²) in [7, 11) is 0. The second kappa shape index (κ2) is 11.6. The van der Waals surface area contributed by atoms with Crippen LogP contribution in [0.4, 0.5) is 8.78 Å². The fraction of sp³-hybridized carbons (Fsp3) is 0.281. The highest BCUT2D eigenvalue weighted by Gasteiger charge is 2.25. The van der Waals surface area contributed by atoms with E-state index in [4.69, 9.17) is 23.2 Å². The second-order valence-corrected chi connectivity index (χ2v) is 11.1. The first-order chi connectivity index (χ1) is 18.7. The van der Waals surface area contributed by atoms with Crippen molar-refractivity contribution in [1.29, 1.82) is 0 Å². The zero-order chi connectivity index (χ0) is 27.7. The molecule has 0 spiro atoms. The summed E-state index contributed by atoms with van der Waals surface area (Å²) in [6.07, 6.45) is 4.60. The molecule has 3 aromatic carbocycles. The van der Waals surface area contributed by atoms with Gasteiger partial charge in [0.05, 0.1) is 12.2 Å². The maximum Gasteiger partial charge on any atom is 0.335 e. The molecule has 1 N–H and O–H groups in total. The summed E-state index contributed by atoms with van der Waals surface area (Å²) < 4.78 is 28.2. The van der Waals surface area contributed by atoms with E-state index in [0.717, 1.165) is 64.0 Å². The average Bonchev–Trinajstić information content (AvgIpc) is 3.05. The number of allylic oxidation sites excluding steroid dienone is 1. The quantitative estimate of drug-likeness (QED) is 0.311. The Hall–Kier alpha value is -2.99. The van der Waals surface area contributed by atoms with Crippen LogP contribution in [-0.4, -0.2) is 42.3 Å². The zero-order valence-corrected chi connectivity index (χ0v) is 23.2. The number of halogens is 4. The summed E-state index contributed by atoms with van der Waals surface area (Å²) in [6.45, 7) is 3.74. The number of likely N-dealkylation sites (tertiary alicyclic amines) is 1. The standard InChI is InChI=1S/C32H29Cl2F2NO2/c1-19-12-23(15-30(36)28(19)13-20-17-37(18-20)11-3-10-35)31-25-8-6-22(32(38)39)14-21(25)4-2-5-27(31)26-9-7-24(33)16-29(26)34/h6-9,12-16H,2-5,10-11,17-18H2,1H3,(H,38,39). The first-order valence-electron chi connectivity index (χ1n) is 13.1. The molecule has 202 valence electrons. The number of fused-ring (bicyclic) bond motifs is 1. The van der Waals surface area contributed by atoms with E-state index in [2.05, 4.69) is 4.90 Å². The van der Waals surface area contributed by atoms with E-state index in [-0.39, 0.29) is 18.1 Å². The molecular formula is C32H29Cl2F2NO2. The van der Waals surface area contributed by atoms with Gasteiger partial charge in [-0.3, -0.25) is 9.29 Å². The van der Waals surface area contributed by atoms with Crippen LogP contribution in [-0.2, 0) is 6.42 Å². The molecule has 1 aliphatic carbocycles. The molecular weight excluding hydrogens is 539 g/mol. The number of benzene rings is 3. The first-order valence-corrected chi connectivity index (χ1v) is 13.8. The minimum atomic E-state index is -0.980. The molecule has 1 saturated heterocycles. The minimum absolute atomic E-state index is 0.228. The Balaban J connectivity index is 1.63. The third kappa shape index (κ3) is 5.81. The maximum atomic E-state index is 15.7. The predicted molar refractivity (Wildman–Crippen MR) is 155 cm³/mol. The number of carbonyl (C=O) groups is 1. The van der Waals surface area contributed by atoms with E-state index < -0.39 is 5.97 Å². The Morgan fingerprint density at radius 1 is 1.05 bits per heavy atom. The van der Waals surface area contributed by atoms with Crippen molar-refractivity contribution in [3.05, 3.63) is 109 Å². The predicted octanol–water partition coefficient (Wildman–Crippen LogP) is 8.49. The van der Waals surface area contributed by atoms with Crippen LogP contribution in [0.5, 0.6) is 0 Å². The van der Waals surface area contributed by atoms with Gasteiger partial charge in [0.1, 0.15) is 5.82 Å². The molecule has 0 amide bonds. The number of alkyl halides is 1. The van der Waals surface area contributed by atoms with Gasteiger partial charge in [0.2, 0.25) is 0 Å². The van der Waals surface area contributed by atoms with Crippen molar-refractivity contribution < 1.29 is 18.7 Å². The molecule has 1 heterocycles. The SMILES string of the molecule is Cc1cc(C2=C(c3ccc(Cl)cc3Cl)CCCc3cc(C(=O)O)ccc32)cc(F)c1C=C1CN(CCCF)C1. The number of carboxylic acid groups (broad SMARTS) is 1. The maximum absolute atomic E-state index is 15.7. The number of hydrogen-bond acceptors (Lipinski definition) is 2. The largest absolute Gasteiger partial charge is 0.478 e. The molecule has 0 atom stereocenters. The lowest BCUT2D eigenvalue weighted by Gasteiger charge is -2.34. The molecule has 0 radical (unpaired) electrons. The van der Waals surface area contributed by atoms with E-state index in [1.165, 1.54) is 0 Å². The van der Waals surface area contributed by atoms with Crippen molar-refractivity contribution in [1.82, 2.24) is 4.90 Å². The molecule has 2 aliphatic rings. The third-order valence-electron chi connectivity index (χ3n) is 7.49. The van der Waals surface area contributed by atoms with E-state index in [0.29, 0.717) is 41.4 Å². The van der Waals surface area contributed by atoms with Crippen molar-refractivity contribution in [3.8, 4) is 0 Å². The van der Waals surface area contributed by atoms with E-state index in [1.807, 2.05) is 31.2 Å². The van der Waals surface area contributed by atoms with Crippen molar-refractivity contribution in [2.24, 2.45) is 0 Å². The van der Waals surface area contributed by atoms with E-state index in [1.54, 1.807) is 30.3 Å². The summed E-state index contributed by atoms with van der Waals surface area (Å²) in [4.78, 5) is 13.8. The van der Waals surface area contributed by atoms with Crippen LogP contribution in [0.25, 0.3) is 17.2 Å². The first kappa shape index (κ1) is 27.6. The van der Waals surface area contributed by atoms with Crippen LogP contribution in [0.1, 0.15) is 63.0 Å². The highest BCUT2D eigenvalue weighted by atomic mass is 35.5. The third-order valence-corrected chi connectivity index (χ3v) is 8.04.